The maximum atomic E-state index is 7.19. The van der Waals surface area contributed by atoms with E-state index in [9.17, 15) is 0 Å². The van der Waals surface area contributed by atoms with E-state index in [1.165, 1.54) is 55.8 Å². The smallest absolute Gasteiger partial charge is 0.210 e. The van der Waals surface area contributed by atoms with E-state index in [2.05, 4.69) is 129 Å². The van der Waals surface area contributed by atoms with Crippen LogP contribution in [0.5, 0.6) is 0 Å². The molecule has 3 nitrogen and oxygen atoms in total. The molecule has 1 aliphatic carbocycles. The van der Waals surface area contributed by atoms with Crippen molar-refractivity contribution < 1.29 is 4.58 Å². The number of benzene rings is 3. The van der Waals surface area contributed by atoms with E-state index in [0.717, 1.165) is 43.8 Å². The first-order valence-corrected chi connectivity index (χ1v) is 16.3. The summed E-state index contributed by atoms with van der Waals surface area (Å²) in [7, 11) is 0. The van der Waals surface area contributed by atoms with Gasteiger partial charge in [-0.2, -0.15) is 4.58 Å². The lowest BCUT2D eigenvalue weighted by atomic mass is 9.79. The van der Waals surface area contributed by atoms with Gasteiger partial charge in [0.05, 0.1) is 5.41 Å². The summed E-state index contributed by atoms with van der Waals surface area (Å²) in [6.07, 6.45) is 13.3. The molecule has 0 saturated carbocycles. The van der Waals surface area contributed by atoms with E-state index in [1.54, 1.807) is 0 Å². The van der Waals surface area contributed by atoms with E-state index in [-0.39, 0.29) is 10.8 Å². The third-order valence-corrected chi connectivity index (χ3v) is 10.3. The SMILES string of the molecule is CCN1/C(=C/C=C2\CCCC(/C=C/C3=[N+](CCCN)c4ccc5ccccc5c4C3(C)C)=C2Cl)C(C)(C)c2ccccc21. The van der Waals surface area contributed by atoms with Gasteiger partial charge < -0.3 is 10.6 Å². The van der Waals surface area contributed by atoms with E-state index < -0.39 is 0 Å². The van der Waals surface area contributed by atoms with Gasteiger partial charge in [-0.05, 0) is 92.3 Å². The van der Waals surface area contributed by atoms with Gasteiger partial charge in [0.1, 0.15) is 0 Å². The third-order valence-electron chi connectivity index (χ3n) is 9.80. The number of rotatable bonds is 7. The topological polar surface area (TPSA) is 32.3 Å². The molecule has 0 atom stereocenters. The normalized spacial score (nSPS) is 21.1. The highest BCUT2D eigenvalue weighted by Gasteiger charge is 2.45. The standard InChI is InChI=1S/C39H45ClN3/c1-6-42-32-18-10-9-17-31(32)38(2,3)34(42)23-20-28-14-11-15-29(37(28)40)21-24-35-39(4,5)36-30-16-8-7-13-27(30)19-22-33(36)43(35)26-12-25-41/h7-10,13,16-24H,6,11-12,14-15,25-26,41H2,1-5H3/q+1. The lowest BCUT2D eigenvalue weighted by molar-refractivity contribution is -0.437. The van der Waals surface area contributed by atoms with Crippen molar-refractivity contribution in [3.63, 3.8) is 0 Å². The molecule has 0 aromatic heterocycles. The highest BCUT2D eigenvalue weighted by Crippen LogP contribution is 2.48. The predicted octanol–water partition coefficient (Wildman–Crippen LogP) is 9.43. The van der Waals surface area contributed by atoms with Crippen molar-refractivity contribution in [2.75, 3.05) is 24.5 Å². The molecule has 0 spiro atoms. The lowest BCUT2D eigenvalue weighted by Gasteiger charge is -2.26. The Morgan fingerprint density at radius 1 is 0.907 bits per heavy atom. The van der Waals surface area contributed by atoms with Crippen LogP contribution in [0.25, 0.3) is 10.8 Å². The van der Waals surface area contributed by atoms with Crippen LogP contribution in [-0.2, 0) is 10.8 Å². The van der Waals surface area contributed by atoms with Crippen molar-refractivity contribution in [3.05, 3.63) is 118 Å². The first-order chi connectivity index (χ1) is 20.7. The minimum absolute atomic E-state index is 0.0475. The number of nitrogens with zero attached hydrogens (tertiary/aromatic N) is 2. The molecule has 0 unspecified atom stereocenters. The summed E-state index contributed by atoms with van der Waals surface area (Å²) in [6.45, 7) is 14.1. The van der Waals surface area contributed by atoms with Gasteiger partial charge >= 0.3 is 0 Å². The molecule has 222 valence electrons. The zero-order valence-corrected chi connectivity index (χ0v) is 27.1. The number of fused-ring (bicyclic) bond motifs is 4. The van der Waals surface area contributed by atoms with Gasteiger partial charge in [-0.1, -0.05) is 80.1 Å². The zero-order valence-electron chi connectivity index (χ0n) is 26.4. The maximum absolute atomic E-state index is 7.19. The Labute approximate surface area is 262 Å². The fourth-order valence-corrected chi connectivity index (χ4v) is 7.89. The number of likely N-dealkylation sites (N-methyl/N-ethyl adjacent to an activating group) is 1. The molecule has 3 aromatic rings. The largest absolute Gasteiger partial charge is 0.344 e. The van der Waals surface area contributed by atoms with E-state index in [1.807, 2.05) is 0 Å². The van der Waals surface area contributed by atoms with Gasteiger partial charge in [0, 0.05) is 52.5 Å². The molecule has 3 aliphatic rings. The van der Waals surface area contributed by atoms with Crippen molar-refractivity contribution >= 4 is 39.5 Å². The molecule has 6 rings (SSSR count). The van der Waals surface area contributed by atoms with Crippen molar-refractivity contribution in [1.82, 2.24) is 0 Å². The Hall–Kier alpha value is -3.40. The monoisotopic (exact) mass is 590 g/mol. The molecule has 43 heavy (non-hydrogen) atoms. The van der Waals surface area contributed by atoms with Gasteiger partial charge in [0.15, 0.2) is 12.3 Å². The molecule has 2 N–H and O–H groups in total. The van der Waals surface area contributed by atoms with Crippen molar-refractivity contribution in [2.24, 2.45) is 5.73 Å². The predicted molar refractivity (Wildman–Crippen MR) is 185 cm³/mol. The maximum Gasteiger partial charge on any atom is 0.210 e. The third kappa shape index (κ3) is 5.01. The number of para-hydroxylation sites is 1. The summed E-state index contributed by atoms with van der Waals surface area (Å²) in [5.41, 5.74) is 16.3. The Morgan fingerprint density at radius 2 is 1.67 bits per heavy atom. The van der Waals surface area contributed by atoms with E-state index in [0.29, 0.717) is 6.54 Å². The summed E-state index contributed by atoms with van der Waals surface area (Å²) in [5.74, 6) is 0. The summed E-state index contributed by atoms with van der Waals surface area (Å²) in [5, 5.41) is 3.52. The van der Waals surface area contributed by atoms with Gasteiger partial charge in [-0.3, -0.25) is 0 Å². The van der Waals surface area contributed by atoms with Crippen LogP contribution in [0.3, 0.4) is 0 Å². The number of halogens is 1. The molecule has 2 heterocycles. The van der Waals surface area contributed by atoms with Gasteiger partial charge in [-0.15, -0.1) is 0 Å². The number of allylic oxidation sites excluding steroid dienone is 8. The molecule has 2 aliphatic heterocycles. The highest BCUT2D eigenvalue weighted by atomic mass is 35.5. The second kappa shape index (κ2) is 11.6. The van der Waals surface area contributed by atoms with Crippen LogP contribution < -0.4 is 10.6 Å². The Morgan fingerprint density at radius 3 is 2.47 bits per heavy atom. The zero-order chi connectivity index (χ0) is 30.4. The quantitative estimate of drug-likeness (QED) is 0.278. The summed E-state index contributed by atoms with van der Waals surface area (Å²) in [6, 6.07) is 22.1. The van der Waals surface area contributed by atoms with Crippen LogP contribution in [0.15, 0.2) is 107 Å². The molecule has 0 fully saturated rings. The average Bonchev–Trinajstić information content (AvgIpc) is 3.37. The molecule has 0 radical (unpaired) electrons. The Bertz CT molecular complexity index is 1730. The fraction of sp³-hybridized carbons (Fsp3) is 0.359. The van der Waals surface area contributed by atoms with E-state index >= 15 is 0 Å². The molecule has 4 heteroatoms. The minimum Gasteiger partial charge on any atom is -0.344 e. The highest BCUT2D eigenvalue weighted by molar-refractivity contribution is 6.32. The van der Waals surface area contributed by atoms with E-state index in [4.69, 9.17) is 17.3 Å². The summed E-state index contributed by atoms with van der Waals surface area (Å²) in [4.78, 5) is 2.45. The van der Waals surface area contributed by atoms with Crippen molar-refractivity contribution in [2.45, 2.75) is 71.1 Å². The molecule has 3 aromatic carbocycles. The van der Waals surface area contributed by atoms with Crippen LogP contribution in [0.2, 0.25) is 0 Å². The number of nitrogens with two attached hydrogens (primary N) is 1. The van der Waals surface area contributed by atoms with Crippen molar-refractivity contribution in [3.8, 4) is 0 Å². The average molecular weight is 591 g/mol. The second-order valence-corrected chi connectivity index (χ2v) is 13.5. The van der Waals surface area contributed by atoms with Crippen LogP contribution in [0.4, 0.5) is 11.4 Å². The van der Waals surface area contributed by atoms with Crippen LogP contribution in [0.1, 0.15) is 71.4 Å². The Kier molecular flexibility index (Phi) is 8.00. The fourth-order valence-electron chi connectivity index (χ4n) is 7.57. The van der Waals surface area contributed by atoms with Crippen LogP contribution >= 0.6 is 11.6 Å². The van der Waals surface area contributed by atoms with Crippen molar-refractivity contribution in [1.29, 1.82) is 0 Å². The Balaban J connectivity index is 1.36. The summed E-state index contributed by atoms with van der Waals surface area (Å²) < 4.78 is 2.49. The van der Waals surface area contributed by atoms with Gasteiger partial charge in [0.25, 0.3) is 0 Å². The molecule has 0 saturated heterocycles. The minimum atomic E-state index is -0.140. The molecule has 0 amide bonds. The number of anilines is 1. The molecular formula is C39H45ClN3+. The number of hydrogen-bond acceptors (Lipinski definition) is 2. The first-order valence-electron chi connectivity index (χ1n) is 15.9. The first kappa shape index (κ1) is 29.7. The molecular weight excluding hydrogens is 546 g/mol. The molecule has 0 bridgehead atoms. The lowest BCUT2D eigenvalue weighted by Crippen LogP contribution is -2.28. The van der Waals surface area contributed by atoms with Gasteiger partial charge in [0.2, 0.25) is 5.69 Å². The summed E-state index contributed by atoms with van der Waals surface area (Å²) >= 11 is 7.19. The van der Waals surface area contributed by atoms with Crippen LogP contribution in [-0.4, -0.2) is 29.9 Å². The van der Waals surface area contributed by atoms with Gasteiger partial charge in [-0.25, -0.2) is 0 Å². The number of hydrogen-bond donors (Lipinski definition) is 1. The van der Waals surface area contributed by atoms with Crippen LogP contribution in [0, 0.1) is 0 Å². The second-order valence-electron chi connectivity index (χ2n) is 13.1.